The molecule has 1 heterocycles. The first-order chi connectivity index (χ1) is 8.66. The molecule has 0 fully saturated rings. The quantitative estimate of drug-likeness (QED) is 0.907. The predicted octanol–water partition coefficient (Wildman–Crippen LogP) is 3.19. The second-order valence-electron chi connectivity index (χ2n) is 3.75. The molecule has 0 atom stereocenters. The van der Waals surface area contributed by atoms with Gasteiger partial charge in [0.15, 0.2) is 0 Å². The van der Waals surface area contributed by atoms with Crippen molar-refractivity contribution in [2.45, 2.75) is 6.42 Å². The molecule has 3 nitrogen and oxygen atoms in total. The maximum atomic E-state index is 11.9. The summed E-state index contributed by atoms with van der Waals surface area (Å²) in [5, 5.41) is 14.4. The van der Waals surface area contributed by atoms with Gasteiger partial charge < -0.3 is 10.4 Å². The van der Waals surface area contributed by atoms with Gasteiger partial charge in [0.25, 0.3) is 5.91 Å². The zero-order chi connectivity index (χ0) is 13.0. The number of hydrogen-bond donors (Lipinski definition) is 2. The Balaban J connectivity index is 1.93. The Morgan fingerprint density at radius 1 is 1.39 bits per heavy atom. The molecule has 18 heavy (non-hydrogen) atoms. The van der Waals surface area contributed by atoms with E-state index in [2.05, 4.69) is 21.2 Å². The first-order valence-electron chi connectivity index (χ1n) is 5.46. The van der Waals surface area contributed by atoms with Crippen LogP contribution in [0.1, 0.15) is 15.2 Å². The summed E-state index contributed by atoms with van der Waals surface area (Å²) in [6.45, 7) is 0.561. The molecule has 0 radical (unpaired) electrons. The van der Waals surface area contributed by atoms with Gasteiger partial charge in [-0.05, 0) is 36.1 Å². The molecular formula is C13H12BrNO2S. The summed E-state index contributed by atoms with van der Waals surface area (Å²) in [6, 6.07) is 8.82. The number of aromatic hydroxyl groups is 1. The van der Waals surface area contributed by atoms with Crippen LogP contribution in [0.3, 0.4) is 0 Å². The van der Waals surface area contributed by atoms with Gasteiger partial charge in [0.2, 0.25) is 0 Å². The molecule has 0 aliphatic heterocycles. The first-order valence-corrected chi connectivity index (χ1v) is 7.13. The Morgan fingerprint density at radius 2 is 2.22 bits per heavy atom. The smallest absolute Gasteiger partial charge is 0.255 e. The van der Waals surface area contributed by atoms with E-state index in [4.69, 9.17) is 0 Å². The van der Waals surface area contributed by atoms with Crippen LogP contribution in [0.25, 0.3) is 0 Å². The number of nitrogens with one attached hydrogen (secondary N) is 1. The number of hydrogen-bond acceptors (Lipinski definition) is 3. The SMILES string of the molecule is O=C(NCCc1cccs1)c1cc(Br)ccc1O. The van der Waals surface area contributed by atoms with Gasteiger partial charge >= 0.3 is 0 Å². The second-order valence-corrected chi connectivity index (χ2v) is 5.69. The van der Waals surface area contributed by atoms with Crippen molar-refractivity contribution in [1.82, 2.24) is 5.32 Å². The van der Waals surface area contributed by atoms with Gasteiger partial charge in [-0.25, -0.2) is 0 Å². The zero-order valence-corrected chi connectivity index (χ0v) is 11.9. The average Bonchev–Trinajstić information content (AvgIpc) is 2.85. The summed E-state index contributed by atoms with van der Waals surface area (Å²) in [6.07, 6.45) is 0.804. The van der Waals surface area contributed by atoms with Crippen molar-refractivity contribution in [2.24, 2.45) is 0 Å². The Labute approximate surface area is 118 Å². The van der Waals surface area contributed by atoms with E-state index in [1.807, 2.05) is 17.5 Å². The fourth-order valence-electron chi connectivity index (χ4n) is 1.54. The maximum Gasteiger partial charge on any atom is 0.255 e. The third-order valence-electron chi connectivity index (χ3n) is 2.44. The minimum Gasteiger partial charge on any atom is -0.507 e. The standard InChI is InChI=1S/C13H12BrNO2S/c14-9-3-4-12(16)11(8-9)13(17)15-6-5-10-2-1-7-18-10/h1-4,7-8,16H,5-6H2,(H,15,17). The average molecular weight is 326 g/mol. The van der Waals surface area contributed by atoms with Gasteiger partial charge in [-0.1, -0.05) is 22.0 Å². The second kappa shape index (κ2) is 6.02. The normalized spacial score (nSPS) is 10.3. The molecule has 94 valence electrons. The highest BCUT2D eigenvalue weighted by molar-refractivity contribution is 9.10. The van der Waals surface area contributed by atoms with Crippen LogP contribution in [0.15, 0.2) is 40.2 Å². The van der Waals surface area contributed by atoms with Crippen LogP contribution in [0.4, 0.5) is 0 Å². The van der Waals surface area contributed by atoms with Gasteiger partial charge in [0.05, 0.1) is 5.56 Å². The number of carbonyl (C=O) groups is 1. The molecular weight excluding hydrogens is 314 g/mol. The van der Waals surface area contributed by atoms with Gasteiger partial charge in [0, 0.05) is 15.9 Å². The minimum atomic E-state index is -0.259. The number of benzene rings is 1. The van der Waals surface area contributed by atoms with E-state index in [1.54, 1.807) is 23.5 Å². The molecule has 0 aliphatic rings. The summed E-state index contributed by atoms with van der Waals surface area (Å²) in [5.41, 5.74) is 0.288. The molecule has 2 aromatic rings. The Bertz CT molecular complexity index is 540. The van der Waals surface area contributed by atoms with E-state index in [1.165, 1.54) is 10.9 Å². The number of phenols is 1. The van der Waals surface area contributed by atoms with Gasteiger partial charge in [0.1, 0.15) is 5.75 Å². The van der Waals surface area contributed by atoms with Crippen molar-refractivity contribution in [3.05, 3.63) is 50.6 Å². The molecule has 5 heteroatoms. The van der Waals surface area contributed by atoms with Crippen molar-refractivity contribution in [1.29, 1.82) is 0 Å². The van der Waals surface area contributed by atoms with Crippen molar-refractivity contribution >= 4 is 33.2 Å². The number of amides is 1. The third kappa shape index (κ3) is 3.34. The van der Waals surface area contributed by atoms with Crippen LogP contribution in [0.2, 0.25) is 0 Å². The lowest BCUT2D eigenvalue weighted by molar-refractivity contribution is 0.0951. The summed E-state index contributed by atoms with van der Waals surface area (Å²) in [5.74, 6) is -0.267. The lowest BCUT2D eigenvalue weighted by Crippen LogP contribution is -2.25. The van der Waals surface area contributed by atoms with Gasteiger partial charge in [-0.2, -0.15) is 0 Å². The fourth-order valence-corrected chi connectivity index (χ4v) is 2.61. The molecule has 2 N–H and O–H groups in total. The van der Waals surface area contributed by atoms with Crippen LogP contribution in [-0.4, -0.2) is 17.6 Å². The van der Waals surface area contributed by atoms with Crippen LogP contribution in [-0.2, 0) is 6.42 Å². The van der Waals surface area contributed by atoms with E-state index < -0.39 is 0 Å². The topological polar surface area (TPSA) is 49.3 Å². The number of carbonyl (C=O) groups excluding carboxylic acids is 1. The summed E-state index contributed by atoms with van der Waals surface area (Å²) in [4.78, 5) is 13.1. The molecule has 0 aliphatic carbocycles. The monoisotopic (exact) mass is 325 g/mol. The molecule has 0 spiro atoms. The highest BCUT2D eigenvalue weighted by Crippen LogP contribution is 2.21. The number of halogens is 1. The van der Waals surface area contributed by atoms with E-state index in [0.29, 0.717) is 6.54 Å². The summed E-state index contributed by atoms with van der Waals surface area (Å²) in [7, 11) is 0. The number of rotatable bonds is 4. The van der Waals surface area contributed by atoms with Crippen molar-refractivity contribution in [3.8, 4) is 5.75 Å². The lowest BCUT2D eigenvalue weighted by Gasteiger charge is -2.06. The molecule has 1 aromatic heterocycles. The van der Waals surface area contributed by atoms with E-state index in [9.17, 15) is 9.90 Å². The Hall–Kier alpha value is -1.33. The van der Waals surface area contributed by atoms with Crippen LogP contribution in [0.5, 0.6) is 5.75 Å². The highest BCUT2D eigenvalue weighted by atomic mass is 79.9. The Kier molecular flexibility index (Phi) is 4.38. The highest BCUT2D eigenvalue weighted by Gasteiger charge is 2.10. The summed E-state index contributed by atoms with van der Waals surface area (Å²) < 4.78 is 0.767. The minimum absolute atomic E-state index is 0.00757. The number of phenolic OH excluding ortho intramolecular Hbond substituents is 1. The maximum absolute atomic E-state index is 11.9. The molecule has 0 bridgehead atoms. The Morgan fingerprint density at radius 3 is 2.94 bits per heavy atom. The molecule has 1 amide bonds. The van der Waals surface area contributed by atoms with E-state index in [0.717, 1.165) is 10.9 Å². The van der Waals surface area contributed by atoms with Crippen molar-refractivity contribution < 1.29 is 9.90 Å². The van der Waals surface area contributed by atoms with Crippen LogP contribution >= 0.6 is 27.3 Å². The fraction of sp³-hybridized carbons (Fsp3) is 0.154. The molecule has 0 saturated heterocycles. The van der Waals surface area contributed by atoms with Crippen molar-refractivity contribution in [3.63, 3.8) is 0 Å². The zero-order valence-electron chi connectivity index (χ0n) is 9.52. The molecule has 0 unspecified atom stereocenters. The lowest BCUT2D eigenvalue weighted by atomic mass is 10.2. The van der Waals surface area contributed by atoms with E-state index in [-0.39, 0.29) is 17.2 Å². The van der Waals surface area contributed by atoms with Crippen molar-refractivity contribution in [2.75, 3.05) is 6.54 Å². The van der Waals surface area contributed by atoms with Gasteiger partial charge in [-0.3, -0.25) is 4.79 Å². The third-order valence-corrected chi connectivity index (χ3v) is 3.87. The summed E-state index contributed by atoms with van der Waals surface area (Å²) >= 11 is 4.94. The first kappa shape index (κ1) is 13.1. The predicted molar refractivity (Wildman–Crippen MR) is 76.2 cm³/mol. The molecule has 2 rings (SSSR count). The molecule has 1 aromatic carbocycles. The molecule has 0 saturated carbocycles. The van der Waals surface area contributed by atoms with Gasteiger partial charge in [-0.15, -0.1) is 11.3 Å². The van der Waals surface area contributed by atoms with Crippen LogP contribution in [0, 0.1) is 0 Å². The number of thiophene rings is 1. The largest absolute Gasteiger partial charge is 0.507 e. The van der Waals surface area contributed by atoms with E-state index >= 15 is 0 Å². The van der Waals surface area contributed by atoms with Crippen LogP contribution < -0.4 is 5.32 Å².